The number of hydrogen-bond donors (Lipinski definition) is 1. The molecule has 1 atom stereocenters. The molecule has 1 N–H and O–H groups in total. The molecule has 0 radical (unpaired) electrons. The lowest BCUT2D eigenvalue weighted by Crippen LogP contribution is -2.50. The first kappa shape index (κ1) is 22.4. The fraction of sp³-hybridized carbons (Fsp3) is 0.440. The number of benzene rings is 2. The minimum absolute atomic E-state index is 0.0597. The van der Waals surface area contributed by atoms with Crippen LogP contribution < -0.4 is 5.32 Å². The molecule has 0 aromatic heterocycles. The Morgan fingerprint density at radius 2 is 1.83 bits per heavy atom. The van der Waals surface area contributed by atoms with Crippen LogP contribution >= 0.6 is 11.6 Å². The van der Waals surface area contributed by atoms with Crippen molar-refractivity contribution in [3.05, 3.63) is 70.2 Å². The summed E-state index contributed by atoms with van der Waals surface area (Å²) in [6.45, 7) is 4.17. The number of carbonyl (C=O) groups is 2. The van der Waals surface area contributed by atoms with E-state index in [4.69, 9.17) is 11.6 Å². The molecule has 1 aliphatic rings. The van der Waals surface area contributed by atoms with Crippen molar-refractivity contribution in [2.45, 2.75) is 71.0 Å². The third kappa shape index (κ3) is 6.09. The third-order valence-electron chi connectivity index (χ3n) is 5.96. The highest BCUT2D eigenvalue weighted by atomic mass is 35.5. The largest absolute Gasteiger partial charge is 0.352 e. The van der Waals surface area contributed by atoms with Gasteiger partial charge in [0.2, 0.25) is 11.8 Å². The minimum atomic E-state index is -0.553. The Morgan fingerprint density at radius 3 is 2.53 bits per heavy atom. The molecule has 5 heteroatoms. The molecule has 2 amide bonds. The van der Waals surface area contributed by atoms with Crippen LogP contribution in [-0.4, -0.2) is 28.8 Å². The van der Waals surface area contributed by atoms with E-state index < -0.39 is 6.04 Å². The van der Waals surface area contributed by atoms with E-state index in [1.54, 1.807) is 4.90 Å². The summed E-state index contributed by atoms with van der Waals surface area (Å²) in [5, 5.41) is 3.79. The van der Waals surface area contributed by atoms with Gasteiger partial charge in [0.25, 0.3) is 0 Å². The zero-order valence-electron chi connectivity index (χ0n) is 17.9. The van der Waals surface area contributed by atoms with E-state index in [0.29, 0.717) is 11.6 Å². The summed E-state index contributed by atoms with van der Waals surface area (Å²) in [5.41, 5.74) is 2.98. The number of rotatable bonds is 7. The molecule has 160 valence electrons. The molecular weight excluding hydrogens is 396 g/mol. The van der Waals surface area contributed by atoms with Gasteiger partial charge in [0.1, 0.15) is 6.04 Å². The highest BCUT2D eigenvalue weighted by Gasteiger charge is 2.28. The number of halogens is 1. The number of nitrogens with one attached hydrogen (secondary N) is 1. The van der Waals surface area contributed by atoms with E-state index in [-0.39, 0.29) is 24.3 Å². The number of aryl methyl sites for hydroxylation is 1. The maximum Gasteiger partial charge on any atom is 0.242 e. The summed E-state index contributed by atoms with van der Waals surface area (Å²) in [5.74, 6) is -0.141. The van der Waals surface area contributed by atoms with Crippen molar-refractivity contribution in [3.63, 3.8) is 0 Å². The summed E-state index contributed by atoms with van der Waals surface area (Å²) >= 11 is 6.15. The van der Waals surface area contributed by atoms with Crippen LogP contribution in [0.2, 0.25) is 5.02 Å². The van der Waals surface area contributed by atoms with Crippen molar-refractivity contribution in [2.24, 2.45) is 0 Å². The molecule has 30 heavy (non-hydrogen) atoms. The molecule has 0 aliphatic heterocycles. The lowest BCUT2D eigenvalue weighted by atomic mass is 9.95. The van der Waals surface area contributed by atoms with Gasteiger partial charge in [-0.1, -0.05) is 67.3 Å². The summed E-state index contributed by atoms with van der Waals surface area (Å²) in [4.78, 5) is 28.0. The zero-order chi connectivity index (χ0) is 21.5. The Hall–Kier alpha value is -2.33. The molecule has 0 bridgehead atoms. The lowest BCUT2D eigenvalue weighted by molar-refractivity contribution is -0.140. The van der Waals surface area contributed by atoms with E-state index in [2.05, 4.69) is 5.32 Å². The van der Waals surface area contributed by atoms with Gasteiger partial charge in [-0.25, -0.2) is 0 Å². The molecule has 2 aromatic carbocycles. The molecule has 0 saturated heterocycles. The lowest BCUT2D eigenvalue weighted by Gasteiger charge is -2.31. The summed E-state index contributed by atoms with van der Waals surface area (Å²) in [6.07, 6.45) is 5.84. The summed E-state index contributed by atoms with van der Waals surface area (Å²) in [7, 11) is 0. The summed E-state index contributed by atoms with van der Waals surface area (Å²) in [6, 6.07) is 15.0. The van der Waals surface area contributed by atoms with Crippen molar-refractivity contribution in [1.29, 1.82) is 0 Å². The monoisotopic (exact) mass is 426 g/mol. The Morgan fingerprint density at radius 1 is 1.10 bits per heavy atom. The van der Waals surface area contributed by atoms with Gasteiger partial charge in [-0.3, -0.25) is 9.59 Å². The van der Waals surface area contributed by atoms with Gasteiger partial charge in [0.15, 0.2) is 0 Å². The van der Waals surface area contributed by atoms with Gasteiger partial charge in [0.05, 0.1) is 6.42 Å². The van der Waals surface area contributed by atoms with E-state index >= 15 is 0 Å². The topological polar surface area (TPSA) is 49.4 Å². The van der Waals surface area contributed by atoms with Crippen LogP contribution in [0.1, 0.15) is 55.7 Å². The standard InChI is InChI=1S/C25H31ClN2O2/c1-18-9-6-7-11-21(18)16-24(29)28(17-20-10-8-12-22(26)15-20)19(2)25(30)27-23-13-4-3-5-14-23/h6-12,15,19,23H,3-5,13-14,16-17H2,1-2H3,(H,27,30). The number of amides is 2. The van der Waals surface area contributed by atoms with Crippen LogP contribution in [0.15, 0.2) is 48.5 Å². The second-order valence-electron chi connectivity index (χ2n) is 8.27. The van der Waals surface area contributed by atoms with Crippen LogP contribution in [0.3, 0.4) is 0 Å². The predicted octanol–water partition coefficient (Wildman–Crippen LogP) is 5.06. The molecule has 1 saturated carbocycles. The van der Waals surface area contributed by atoms with Crippen molar-refractivity contribution in [3.8, 4) is 0 Å². The SMILES string of the molecule is Cc1ccccc1CC(=O)N(Cc1cccc(Cl)c1)C(C)C(=O)NC1CCCCC1. The second kappa shape index (κ2) is 10.6. The smallest absolute Gasteiger partial charge is 0.242 e. The molecule has 1 aliphatic carbocycles. The van der Waals surface area contributed by atoms with Gasteiger partial charge >= 0.3 is 0 Å². The van der Waals surface area contributed by atoms with Crippen LogP contribution in [-0.2, 0) is 22.6 Å². The second-order valence-corrected chi connectivity index (χ2v) is 8.71. The fourth-order valence-corrected chi connectivity index (χ4v) is 4.27. The van der Waals surface area contributed by atoms with Crippen LogP contribution in [0.25, 0.3) is 0 Å². The highest BCUT2D eigenvalue weighted by molar-refractivity contribution is 6.30. The maximum absolute atomic E-state index is 13.3. The van der Waals surface area contributed by atoms with Crippen molar-refractivity contribution in [1.82, 2.24) is 10.2 Å². The molecule has 4 nitrogen and oxygen atoms in total. The first-order valence-electron chi connectivity index (χ1n) is 10.8. The van der Waals surface area contributed by atoms with Gasteiger partial charge in [0, 0.05) is 17.6 Å². The van der Waals surface area contributed by atoms with Crippen LogP contribution in [0.4, 0.5) is 0 Å². The minimum Gasteiger partial charge on any atom is -0.352 e. The molecular formula is C25H31ClN2O2. The molecule has 1 fully saturated rings. The maximum atomic E-state index is 13.3. The van der Waals surface area contributed by atoms with Crippen LogP contribution in [0, 0.1) is 6.92 Å². The quantitative estimate of drug-likeness (QED) is 0.672. The van der Waals surface area contributed by atoms with Gasteiger partial charge < -0.3 is 10.2 Å². The van der Waals surface area contributed by atoms with Gasteiger partial charge in [-0.2, -0.15) is 0 Å². The fourth-order valence-electron chi connectivity index (χ4n) is 4.06. The van der Waals surface area contributed by atoms with E-state index in [9.17, 15) is 9.59 Å². The molecule has 3 rings (SSSR count). The Balaban J connectivity index is 1.77. The van der Waals surface area contributed by atoms with Crippen molar-refractivity contribution < 1.29 is 9.59 Å². The average Bonchev–Trinajstić information content (AvgIpc) is 2.74. The first-order valence-corrected chi connectivity index (χ1v) is 11.2. The van der Waals surface area contributed by atoms with E-state index in [1.807, 2.05) is 62.4 Å². The Bertz CT molecular complexity index is 877. The zero-order valence-corrected chi connectivity index (χ0v) is 18.6. The Kier molecular flexibility index (Phi) is 7.92. The van der Waals surface area contributed by atoms with Crippen molar-refractivity contribution >= 4 is 23.4 Å². The number of carbonyl (C=O) groups excluding carboxylic acids is 2. The first-order chi connectivity index (χ1) is 14.4. The molecule has 1 unspecified atom stereocenters. The number of hydrogen-bond acceptors (Lipinski definition) is 2. The average molecular weight is 427 g/mol. The predicted molar refractivity (Wildman–Crippen MR) is 121 cm³/mol. The molecule has 2 aromatic rings. The Labute approximate surface area is 184 Å². The molecule has 0 heterocycles. The van der Waals surface area contributed by atoms with Crippen LogP contribution in [0.5, 0.6) is 0 Å². The third-order valence-corrected chi connectivity index (χ3v) is 6.20. The van der Waals surface area contributed by atoms with Gasteiger partial charge in [-0.15, -0.1) is 0 Å². The normalized spacial score (nSPS) is 15.4. The van der Waals surface area contributed by atoms with Crippen molar-refractivity contribution in [2.75, 3.05) is 0 Å². The van der Waals surface area contributed by atoms with E-state index in [0.717, 1.165) is 42.4 Å². The highest BCUT2D eigenvalue weighted by Crippen LogP contribution is 2.20. The van der Waals surface area contributed by atoms with E-state index in [1.165, 1.54) is 6.42 Å². The summed E-state index contributed by atoms with van der Waals surface area (Å²) < 4.78 is 0. The van der Waals surface area contributed by atoms with Gasteiger partial charge in [-0.05, 0) is 55.5 Å². The molecule has 0 spiro atoms. The number of nitrogens with zero attached hydrogens (tertiary/aromatic N) is 1.